The van der Waals surface area contributed by atoms with Gasteiger partial charge in [-0.2, -0.15) is 13.2 Å². The van der Waals surface area contributed by atoms with Crippen LogP contribution in [0.2, 0.25) is 0 Å². The summed E-state index contributed by atoms with van der Waals surface area (Å²) in [5.74, 6) is -0.850. The minimum atomic E-state index is -4.61. The number of alkyl halides is 3. The molecule has 3 aromatic rings. The quantitative estimate of drug-likeness (QED) is 0.560. The molecule has 0 aliphatic carbocycles. The van der Waals surface area contributed by atoms with E-state index in [2.05, 4.69) is 10.3 Å². The SMILES string of the molecule is O=C(COc1ccc(C(=O)OCc2ccccc2)cc1)Nc1ccnc(C(F)(F)F)c1. The van der Waals surface area contributed by atoms with Crippen LogP contribution in [0.15, 0.2) is 72.9 Å². The summed E-state index contributed by atoms with van der Waals surface area (Å²) in [4.78, 5) is 27.2. The van der Waals surface area contributed by atoms with Crippen LogP contribution in [0, 0.1) is 0 Å². The molecule has 6 nitrogen and oxygen atoms in total. The van der Waals surface area contributed by atoms with Crippen molar-refractivity contribution in [2.45, 2.75) is 12.8 Å². The monoisotopic (exact) mass is 430 g/mol. The van der Waals surface area contributed by atoms with Crippen LogP contribution in [-0.2, 0) is 22.3 Å². The zero-order valence-electron chi connectivity index (χ0n) is 16.1. The second kappa shape index (κ2) is 9.75. The predicted octanol–water partition coefficient (Wildman–Crippen LogP) is 4.47. The molecule has 0 spiro atoms. The lowest BCUT2D eigenvalue weighted by Crippen LogP contribution is -2.20. The fourth-order valence-electron chi connectivity index (χ4n) is 2.50. The predicted molar refractivity (Wildman–Crippen MR) is 105 cm³/mol. The van der Waals surface area contributed by atoms with E-state index in [1.54, 1.807) is 0 Å². The maximum atomic E-state index is 12.7. The second-order valence-corrected chi connectivity index (χ2v) is 6.35. The largest absolute Gasteiger partial charge is 0.484 e. The van der Waals surface area contributed by atoms with Crippen LogP contribution in [0.3, 0.4) is 0 Å². The summed E-state index contributed by atoms with van der Waals surface area (Å²) >= 11 is 0. The van der Waals surface area contributed by atoms with Crippen LogP contribution in [-0.4, -0.2) is 23.5 Å². The highest BCUT2D eigenvalue weighted by Gasteiger charge is 2.32. The normalized spacial score (nSPS) is 10.9. The lowest BCUT2D eigenvalue weighted by Gasteiger charge is -2.10. The van der Waals surface area contributed by atoms with E-state index in [9.17, 15) is 22.8 Å². The number of rotatable bonds is 7. The molecule has 1 N–H and O–H groups in total. The minimum Gasteiger partial charge on any atom is -0.484 e. The van der Waals surface area contributed by atoms with E-state index >= 15 is 0 Å². The summed E-state index contributed by atoms with van der Waals surface area (Å²) in [5.41, 5.74) is 0.0101. The number of carbonyl (C=O) groups is 2. The molecule has 1 amide bonds. The molecule has 0 fully saturated rings. The molecular formula is C22H17F3N2O4. The van der Waals surface area contributed by atoms with Gasteiger partial charge in [0.15, 0.2) is 6.61 Å². The van der Waals surface area contributed by atoms with Gasteiger partial charge in [-0.15, -0.1) is 0 Å². The number of pyridine rings is 1. The maximum Gasteiger partial charge on any atom is 0.433 e. The van der Waals surface area contributed by atoms with Gasteiger partial charge in [0.25, 0.3) is 5.91 Å². The molecule has 160 valence electrons. The summed E-state index contributed by atoms with van der Waals surface area (Å²) in [6, 6.07) is 17.1. The number of nitrogens with one attached hydrogen (secondary N) is 1. The summed E-state index contributed by atoms with van der Waals surface area (Å²) in [6.07, 6.45) is -3.66. The summed E-state index contributed by atoms with van der Waals surface area (Å²) < 4.78 is 48.5. The molecule has 0 aliphatic rings. The van der Waals surface area contributed by atoms with Crippen molar-refractivity contribution in [1.82, 2.24) is 4.98 Å². The Labute approximate surface area is 175 Å². The third kappa shape index (κ3) is 6.56. The highest BCUT2D eigenvalue weighted by Crippen LogP contribution is 2.28. The van der Waals surface area contributed by atoms with Gasteiger partial charge in [0.1, 0.15) is 18.1 Å². The van der Waals surface area contributed by atoms with Crippen molar-refractivity contribution in [3.63, 3.8) is 0 Å². The number of amides is 1. The number of carbonyl (C=O) groups excluding carboxylic acids is 2. The lowest BCUT2D eigenvalue weighted by molar-refractivity contribution is -0.141. The zero-order valence-corrected chi connectivity index (χ0v) is 16.1. The van der Waals surface area contributed by atoms with Crippen molar-refractivity contribution >= 4 is 17.6 Å². The van der Waals surface area contributed by atoms with E-state index in [0.717, 1.165) is 17.8 Å². The molecule has 0 atom stereocenters. The number of anilines is 1. The van der Waals surface area contributed by atoms with Crippen molar-refractivity contribution in [3.05, 3.63) is 89.7 Å². The molecule has 0 unspecified atom stereocenters. The lowest BCUT2D eigenvalue weighted by atomic mass is 10.2. The number of aromatic nitrogens is 1. The molecular weight excluding hydrogens is 413 g/mol. The Morgan fingerprint density at radius 3 is 2.35 bits per heavy atom. The maximum absolute atomic E-state index is 12.7. The van der Waals surface area contributed by atoms with Gasteiger partial charge in [-0.05, 0) is 42.0 Å². The Hall–Kier alpha value is -3.88. The Kier molecular flexibility index (Phi) is 6.86. The van der Waals surface area contributed by atoms with Gasteiger partial charge in [-0.25, -0.2) is 4.79 Å². The first-order chi connectivity index (χ1) is 14.8. The number of halogens is 3. The van der Waals surface area contributed by atoms with E-state index in [0.29, 0.717) is 11.3 Å². The highest BCUT2D eigenvalue weighted by molar-refractivity contribution is 5.92. The highest BCUT2D eigenvalue weighted by atomic mass is 19.4. The van der Waals surface area contributed by atoms with E-state index in [-0.39, 0.29) is 12.3 Å². The molecule has 3 rings (SSSR count). The Balaban J connectivity index is 1.48. The fraction of sp³-hybridized carbons (Fsp3) is 0.136. The summed E-state index contributed by atoms with van der Waals surface area (Å²) in [7, 11) is 0. The van der Waals surface area contributed by atoms with Crippen LogP contribution in [0.1, 0.15) is 21.6 Å². The van der Waals surface area contributed by atoms with Crippen molar-refractivity contribution in [2.24, 2.45) is 0 Å². The minimum absolute atomic E-state index is 0.0487. The van der Waals surface area contributed by atoms with Gasteiger partial charge in [0.2, 0.25) is 0 Å². The smallest absolute Gasteiger partial charge is 0.433 e. The molecule has 0 bridgehead atoms. The molecule has 0 aliphatic heterocycles. The van der Waals surface area contributed by atoms with E-state index in [1.165, 1.54) is 30.3 Å². The molecule has 1 heterocycles. The molecule has 0 saturated carbocycles. The Bertz CT molecular complexity index is 1040. The van der Waals surface area contributed by atoms with Crippen molar-refractivity contribution in [3.8, 4) is 5.75 Å². The number of esters is 1. The molecule has 9 heteroatoms. The van der Waals surface area contributed by atoms with Gasteiger partial charge in [-0.3, -0.25) is 9.78 Å². The summed E-state index contributed by atoms with van der Waals surface area (Å²) in [6.45, 7) is -0.287. The average molecular weight is 430 g/mol. The van der Waals surface area contributed by atoms with Crippen LogP contribution < -0.4 is 10.1 Å². The molecule has 1 aromatic heterocycles. The van der Waals surface area contributed by atoms with Crippen LogP contribution in [0.25, 0.3) is 0 Å². The number of benzene rings is 2. The first-order valence-corrected chi connectivity index (χ1v) is 9.08. The number of ether oxygens (including phenoxy) is 2. The zero-order chi connectivity index (χ0) is 22.3. The first kappa shape index (κ1) is 21.8. The van der Waals surface area contributed by atoms with Crippen LogP contribution in [0.4, 0.5) is 18.9 Å². The van der Waals surface area contributed by atoms with Gasteiger partial charge in [-0.1, -0.05) is 30.3 Å². The van der Waals surface area contributed by atoms with Crippen molar-refractivity contribution < 1.29 is 32.2 Å². The average Bonchev–Trinajstić information content (AvgIpc) is 2.77. The Morgan fingerprint density at radius 2 is 1.68 bits per heavy atom. The molecule has 0 radical (unpaired) electrons. The standard InChI is InChI=1S/C22H17F3N2O4/c23-22(24,25)19-12-17(10-11-26-19)27-20(28)14-30-18-8-6-16(7-9-18)21(29)31-13-15-4-2-1-3-5-15/h1-12H,13-14H2,(H,26,27,28). The first-order valence-electron chi connectivity index (χ1n) is 9.08. The molecule has 2 aromatic carbocycles. The van der Waals surface area contributed by atoms with Crippen LogP contribution >= 0.6 is 0 Å². The van der Waals surface area contributed by atoms with Gasteiger partial charge in [0, 0.05) is 11.9 Å². The topological polar surface area (TPSA) is 77.5 Å². The Morgan fingerprint density at radius 1 is 0.968 bits per heavy atom. The van der Waals surface area contributed by atoms with Gasteiger partial charge < -0.3 is 14.8 Å². The second-order valence-electron chi connectivity index (χ2n) is 6.35. The molecule has 31 heavy (non-hydrogen) atoms. The summed E-state index contributed by atoms with van der Waals surface area (Å²) in [5, 5.41) is 2.31. The van der Waals surface area contributed by atoms with E-state index in [1.807, 2.05) is 30.3 Å². The number of hydrogen-bond donors (Lipinski definition) is 1. The van der Waals surface area contributed by atoms with Gasteiger partial charge >= 0.3 is 12.1 Å². The number of hydrogen-bond acceptors (Lipinski definition) is 5. The third-order valence-corrected chi connectivity index (χ3v) is 4.01. The van der Waals surface area contributed by atoms with Gasteiger partial charge in [0.05, 0.1) is 5.56 Å². The van der Waals surface area contributed by atoms with E-state index in [4.69, 9.17) is 9.47 Å². The van der Waals surface area contributed by atoms with Crippen LogP contribution in [0.5, 0.6) is 5.75 Å². The number of nitrogens with zero attached hydrogens (tertiary/aromatic N) is 1. The van der Waals surface area contributed by atoms with Crippen molar-refractivity contribution in [1.29, 1.82) is 0 Å². The third-order valence-electron chi connectivity index (χ3n) is 4.01. The van der Waals surface area contributed by atoms with Crippen molar-refractivity contribution in [2.75, 3.05) is 11.9 Å². The fourth-order valence-corrected chi connectivity index (χ4v) is 2.50. The van der Waals surface area contributed by atoms with E-state index < -0.39 is 30.4 Å². The molecule has 0 saturated heterocycles.